The van der Waals surface area contributed by atoms with Crippen molar-refractivity contribution in [2.75, 3.05) is 20.2 Å². The summed E-state index contributed by atoms with van der Waals surface area (Å²) in [6.45, 7) is 1.61. The van der Waals surface area contributed by atoms with Crippen LogP contribution in [0.4, 0.5) is 0 Å². The second kappa shape index (κ2) is 5.82. The van der Waals surface area contributed by atoms with Crippen LogP contribution >= 0.6 is 0 Å². The molecule has 0 saturated carbocycles. The van der Waals surface area contributed by atoms with Crippen molar-refractivity contribution in [2.45, 2.75) is 25.3 Å². The average molecular weight is 250 g/mol. The van der Waals surface area contributed by atoms with E-state index in [4.69, 9.17) is 9.84 Å². The van der Waals surface area contributed by atoms with Gasteiger partial charge >= 0.3 is 5.97 Å². The van der Waals surface area contributed by atoms with Crippen LogP contribution in [-0.2, 0) is 0 Å². The van der Waals surface area contributed by atoms with Gasteiger partial charge in [-0.15, -0.1) is 0 Å². The smallest absolute Gasteiger partial charge is 0.341 e. The number of carboxylic acid groups (broad SMARTS) is 1. The van der Waals surface area contributed by atoms with E-state index in [0.29, 0.717) is 18.4 Å². The van der Waals surface area contributed by atoms with Crippen molar-refractivity contribution in [1.82, 2.24) is 9.88 Å². The predicted octanol–water partition coefficient (Wildman–Crippen LogP) is 1.64. The van der Waals surface area contributed by atoms with Crippen LogP contribution in [-0.4, -0.2) is 47.2 Å². The van der Waals surface area contributed by atoms with E-state index in [1.54, 1.807) is 12.3 Å². The van der Waals surface area contributed by atoms with Gasteiger partial charge in [-0.25, -0.2) is 4.79 Å². The molecule has 5 heteroatoms. The van der Waals surface area contributed by atoms with Gasteiger partial charge in [-0.3, -0.25) is 4.98 Å². The SMILES string of the molecule is CN1CCCCC1COc1ccncc1C(=O)O. The largest absolute Gasteiger partial charge is 0.491 e. The highest BCUT2D eigenvalue weighted by molar-refractivity contribution is 5.90. The first-order chi connectivity index (χ1) is 8.68. The maximum absolute atomic E-state index is 11.0. The molecule has 18 heavy (non-hydrogen) atoms. The molecule has 1 saturated heterocycles. The van der Waals surface area contributed by atoms with Crippen LogP contribution < -0.4 is 4.74 Å². The van der Waals surface area contributed by atoms with Crippen LogP contribution in [0, 0.1) is 0 Å². The number of rotatable bonds is 4. The average Bonchev–Trinajstić information content (AvgIpc) is 2.38. The third-order valence-corrected chi connectivity index (χ3v) is 3.36. The fraction of sp³-hybridized carbons (Fsp3) is 0.538. The molecule has 0 radical (unpaired) electrons. The zero-order valence-electron chi connectivity index (χ0n) is 10.5. The van der Waals surface area contributed by atoms with Gasteiger partial charge in [-0.2, -0.15) is 0 Å². The monoisotopic (exact) mass is 250 g/mol. The van der Waals surface area contributed by atoms with Gasteiger partial charge in [0.25, 0.3) is 0 Å². The highest BCUT2D eigenvalue weighted by Gasteiger charge is 2.20. The molecule has 0 aromatic carbocycles. The summed E-state index contributed by atoms with van der Waals surface area (Å²) >= 11 is 0. The van der Waals surface area contributed by atoms with Crippen molar-refractivity contribution in [3.05, 3.63) is 24.0 Å². The van der Waals surface area contributed by atoms with Crippen molar-refractivity contribution in [3.8, 4) is 5.75 Å². The maximum atomic E-state index is 11.0. The lowest BCUT2D eigenvalue weighted by Gasteiger charge is -2.32. The fourth-order valence-corrected chi connectivity index (χ4v) is 2.21. The molecule has 1 atom stereocenters. The Hall–Kier alpha value is -1.62. The zero-order valence-corrected chi connectivity index (χ0v) is 10.5. The van der Waals surface area contributed by atoms with E-state index in [2.05, 4.69) is 16.9 Å². The first kappa shape index (κ1) is 12.8. The number of pyridine rings is 1. The lowest BCUT2D eigenvalue weighted by molar-refractivity contribution is 0.0687. The Morgan fingerprint density at radius 3 is 3.17 bits per heavy atom. The molecule has 1 unspecified atom stereocenters. The number of aromatic carboxylic acids is 1. The van der Waals surface area contributed by atoms with Crippen LogP contribution in [0.25, 0.3) is 0 Å². The molecule has 1 aromatic rings. The number of carboxylic acids is 1. The molecule has 98 valence electrons. The van der Waals surface area contributed by atoms with Crippen molar-refractivity contribution >= 4 is 5.97 Å². The molecule has 0 spiro atoms. The van der Waals surface area contributed by atoms with E-state index in [-0.39, 0.29) is 5.56 Å². The molecule has 0 aliphatic carbocycles. The number of nitrogens with zero attached hydrogens (tertiary/aromatic N) is 2. The first-order valence-electron chi connectivity index (χ1n) is 6.19. The van der Waals surface area contributed by atoms with Crippen LogP contribution in [0.2, 0.25) is 0 Å². The molecule has 1 aliphatic rings. The number of carbonyl (C=O) groups is 1. The number of hydrogen-bond acceptors (Lipinski definition) is 4. The minimum Gasteiger partial charge on any atom is -0.491 e. The first-order valence-corrected chi connectivity index (χ1v) is 6.19. The molecule has 5 nitrogen and oxygen atoms in total. The van der Waals surface area contributed by atoms with E-state index in [9.17, 15) is 4.79 Å². The number of aromatic nitrogens is 1. The van der Waals surface area contributed by atoms with Crippen LogP contribution in [0.3, 0.4) is 0 Å². The van der Waals surface area contributed by atoms with Crippen molar-refractivity contribution in [2.24, 2.45) is 0 Å². The number of likely N-dealkylation sites (tertiary alicyclic amines) is 1. The molecule has 1 aliphatic heterocycles. The Bertz CT molecular complexity index is 422. The third kappa shape index (κ3) is 2.98. The lowest BCUT2D eigenvalue weighted by Crippen LogP contribution is -2.40. The minimum absolute atomic E-state index is 0.121. The predicted molar refractivity (Wildman–Crippen MR) is 67.0 cm³/mol. The maximum Gasteiger partial charge on any atom is 0.341 e. The second-order valence-electron chi connectivity index (χ2n) is 4.62. The van der Waals surface area contributed by atoms with E-state index >= 15 is 0 Å². The van der Waals surface area contributed by atoms with Gasteiger partial charge in [-0.1, -0.05) is 6.42 Å². The summed E-state index contributed by atoms with van der Waals surface area (Å²) in [5, 5.41) is 9.02. The summed E-state index contributed by atoms with van der Waals surface area (Å²) in [4.78, 5) is 17.1. The summed E-state index contributed by atoms with van der Waals surface area (Å²) < 4.78 is 5.65. The molecule has 1 aromatic heterocycles. The highest BCUT2D eigenvalue weighted by Crippen LogP contribution is 2.20. The Kier molecular flexibility index (Phi) is 4.15. The lowest BCUT2D eigenvalue weighted by atomic mass is 10.0. The van der Waals surface area contributed by atoms with Crippen molar-refractivity contribution in [1.29, 1.82) is 0 Å². The Balaban J connectivity index is 1.99. The Labute approximate surface area is 106 Å². The summed E-state index contributed by atoms with van der Waals surface area (Å²) in [5.74, 6) is -0.605. The van der Waals surface area contributed by atoms with Crippen molar-refractivity contribution in [3.63, 3.8) is 0 Å². The van der Waals surface area contributed by atoms with Crippen molar-refractivity contribution < 1.29 is 14.6 Å². The van der Waals surface area contributed by atoms with E-state index in [0.717, 1.165) is 13.0 Å². The molecular formula is C13H18N2O3. The number of ether oxygens (including phenoxy) is 1. The van der Waals surface area contributed by atoms with Gasteiger partial charge < -0.3 is 14.7 Å². The molecular weight excluding hydrogens is 232 g/mol. The van der Waals surface area contributed by atoms with E-state index < -0.39 is 5.97 Å². The molecule has 0 bridgehead atoms. The number of hydrogen-bond donors (Lipinski definition) is 1. The van der Waals surface area contributed by atoms with Gasteiger partial charge in [0, 0.05) is 18.4 Å². The van der Waals surface area contributed by atoms with Crippen LogP contribution in [0.5, 0.6) is 5.75 Å². The topological polar surface area (TPSA) is 62.7 Å². The fourth-order valence-electron chi connectivity index (χ4n) is 2.21. The minimum atomic E-state index is -1.00. The molecule has 0 amide bonds. The molecule has 2 heterocycles. The summed E-state index contributed by atoms with van der Waals surface area (Å²) in [6.07, 6.45) is 6.40. The zero-order chi connectivity index (χ0) is 13.0. The van der Waals surface area contributed by atoms with Gasteiger partial charge in [0.2, 0.25) is 0 Å². The van der Waals surface area contributed by atoms with Gasteiger partial charge in [-0.05, 0) is 32.5 Å². The second-order valence-corrected chi connectivity index (χ2v) is 4.62. The highest BCUT2D eigenvalue weighted by atomic mass is 16.5. The molecule has 2 rings (SSSR count). The summed E-state index contributed by atoms with van der Waals surface area (Å²) in [7, 11) is 2.08. The quantitative estimate of drug-likeness (QED) is 0.880. The van der Waals surface area contributed by atoms with Crippen LogP contribution in [0.1, 0.15) is 29.6 Å². The normalized spacial score (nSPS) is 20.6. The summed E-state index contributed by atoms with van der Waals surface area (Å²) in [5.41, 5.74) is 0.121. The van der Waals surface area contributed by atoms with E-state index in [1.165, 1.54) is 19.0 Å². The molecule has 1 N–H and O–H groups in total. The standard InChI is InChI=1S/C13H18N2O3/c1-15-7-3-2-4-10(15)9-18-12-5-6-14-8-11(12)13(16)17/h5-6,8,10H,2-4,7,9H2,1H3,(H,16,17). The number of likely N-dealkylation sites (N-methyl/N-ethyl adjacent to an activating group) is 1. The van der Waals surface area contributed by atoms with E-state index in [1.807, 2.05) is 0 Å². The summed E-state index contributed by atoms with van der Waals surface area (Å²) in [6, 6.07) is 1.97. The van der Waals surface area contributed by atoms with Crippen LogP contribution in [0.15, 0.2) is 18.5 Å². The van der Waals surface area contributed by atoms with Gasteiger partial charge in [0.05, 0.1) is 0 Å². The molecule has 1 fully saturated rings. The van der Waals surface area contributed by atoms with Gasteiger partial charge in [0.1, 0.15) is 17.9 Å². The third-order valence-electron chi connectivity index (χ3n) is 3.36. The Morgan fingerprint density at radius 1 is 1.61 bits per heavy atom. The van der Waals surface area contributed by atoms with Gasteiger partial charge in [0.15, 0.2) is 0 Å². The number of piperidine rings is 1. The Morgan fingerprint density at radius 2 is 2.44 bits per heavy atom.